The van der Waals surface area contributed by atoms with Gasteiger partial charge in [-0.1, -0.05) is 26.0 Å². The number of nitrogens with one attached hydrogen (secondary N) is 1. The molecule has 0 bridgehead atoms. The first-order valence-corrected chi connectivity index (χ1v) is 8.04. The van der Waals surface area contributed by atoms with Crippen molar-refractivity contribution in [2.24, 2.45) is 5.92 Å². The number of hydrogen-bond donors (Lipinski definition) is 1. The lowest BCUT2D eigenvalue weighted by atomic mass is 10.1. The summed E-state index contributed by atoms with van der Waals surface area (Å²) in [4.78, 5) is 1.39. The predicted octanol–water partition coefficient (Wildman–Crippen LogP) is 3.87. The van der Waals surface area contributed by atoms with Crippen molar-refractivity contribution in [1.29, 1.82) is 0 Å². The van der Waals surface area contributed by atoms with Gasteiger partial charge < -0.3 is 10.1 Å². The molecular formula is C16H27NOS. The van der Waals surface area contributed by atoms with Gasteiger partial charge in [0, 0.05) is 30.9 Å². The van der Waals surface area contributed by atoms with Crippen LogP contribution in [0.4, 0.5) is 0 Å². The van der Waals surface area contributed by atoms with Crippen LogP contribution < -0.4 is 5.32 Å². The summed E-state index contributed by atoms with van der Waals surface area (Å²) in [7, 11) is 1.76. The molecule has 1 aromatic carbocycles. The van der Waals surface area contributed by atoms with Gasteiger partial charge in [0.1, 0.15) is 0 Å². The Balaban J connectivity index is 2.40. The molecule has 0 aliphatic carbocycles. The van der Waals surface area contributed by atoms with E-state index in [9.17, 15) is 0 Å². The van der Waals surface area contributed by atoms with E-state index in [1.165, 1.54) is 16.0 Å². The second kappa shape index (κ2) is 9.40. The maximum atomic E-state index is 5.07. The van der Waals surface area contributed by atoms with Gasteiger partial charge >= 0.3 is 0 Å². The van der Waals surface area contributed by atoms with E-state index in [0.717, 1.165) is 31.9 Å². The molecule has 108 valence electrons. The van der Waals surface area contributed by atoms with E-state index >= 15 is 0 Å². The second-order valence-electron chi connectivity index (χ2n) is 5.32. The fourth-order valence-electron chi connectivity index (χ4n) is 1.87. The standard InChI is InChI=1S/C16H27NOS/c1-13(2)11-17-12-15-6-7-16(14(3)10-15)19-9-5-8-18-4/h6-7,10,13,17H,5,8-9,11-12H2,1-4H3. The summed E-state index contributed by atoms with van der Waals surface area (Å²) in [5.41, 5.74) is 2.76. The van der Waals surface area contributed by atoms with Crippen LogP contribution in [0.5, 0.6) is 0 Å². The first-order valence-electron chi connectivity index (χ1n) is 7.05. The maximum absolute atomic E-state index is 5.07. The fourth-order valence-corrected chi connectivity index (χ4v) is 2.81. The molecule has 19 heavy (non-hydrogen) atoms. The number of thioether (sulfide) groups is 1. The van der Waals surface area contributed by atoms with Crippen molar-refractivity contribution in [3.8, 4) is 0 Å². The van der Waals surface area contributed by atoms with Crippen LogP contribution in [0.25, 0.3) is 0 Å². The number of benzene rings is 1. The minimum Gasteiger partial charge on any atom is -0.385 e. The number of methoxy groups -OCH3 is 1. The van der Waals surface area contributed by atoms with Crippen LogP contribution in [-0.4, -0.2) is 26.0 Å². The highest BCUT2D eigenvalue weighted by Gasteiger charge is 2.01. The molecule has 1 N–H and O–H groups in total. The maximum Gasteiger partial charge on any atom is 0.0470 e. The Labute approximate surface area is 122 Å². The molecule has 0 unspecified atom stereocenters. The first-order chi connectivity index (χ1) is 9.13. The number of aryl methyl sites for hydroxylation is 1. The Morgan fingerprint density at radius 2 is 2.11 bits per heavy atom. The van der Waals surface area contributed by atoms with Crippen molar-refractivity contribution in [1.82, 2.24) is 5.32 Å². The smallest absolute Gasteiger partial charge is 0.0470 e. The minimum absolute atomic E-state index is 0.705. The highest BCUT2D eigenvalue weighted by atomic mass is 32.2. The van der Waals surface area contributed by atoms with Gasteiger partial charge in [-0.2, -0.15) is 0 Å². The first kappa shape index (κ1) is 16.5. The van der Waals surface area contributed by atoms with Crippen LogP contribution in [0.2, 0.25) is 0 Å². The molecule has 0 aliphatic heterocycles. The van der Waals surface area contributed by atoms with E-state index in [-0.39, 0.29) is 0 Å². The molecule has 0 aliphatic rings. The van der Waals surface area contributed by atoms with Crippen LogP contribution >= 0.6 is 11.8 Å². The summed E-state index contributed by atoms with van der Waals surface area (Å²) in [6, 6.07) is 6.78. The molecule has 1 rings (SSSR count). The Morgan fingerprint density at radius 3 is 2.74 bits per heavy atom. The minimum atomic E-state index is 0.705. The summed E-state index contributed by atoms with van der Waals surface area (Å²) in [6.45, 7) is 9.56. The molecule has 0 aromatic heterocycles. The lowest BCUT2D eigenvalue weighted by Crippen LogP contribution is -2.18. The third-order valence-electron chi connectivity index (χ3n) is 2.87. The van der Waals surface area contributed by atoms with Gasteiger partial charge in [0.25, 0.3) is 0 Å². The highest BCUT2D eigenvalue weighted by molar-refractivity contribution is 7.99. The SMILES string of the molecule is COCCCSc1ccc(CNCC(C)C)cc1C. The van der Waals surface area contributed by atoms with Crippen molar-refractivity contribution in [3.63, 3.8) is 0 Å². The number of ether oxygens (including phenoxy) is 1. The van der Waals surface area contributed by atoms with Crippen molar-refractivity contribution >= 4 is 11.8 Å². The van der Waals surface area contributed by atoms with Gasteiger partial charge in [-0.15, -0.1) is 11.8 Å². The van der Waals surface area contributed by atoms with Crippen molar-refractivity contribution in [3.05, 3.63) is 29.3 Å². The van der Waals surface area contributed by atoms with Gasteiger partial charge in [0.05, 0.1) is 0 Å². The monoisotopic (exact) mass is 281 g/mol. The molecule has 3 heteroatoms. The van der Waals surface area contributed by atoms with Crippen LogP contribution in [0.3, 0.4) is 0 Å². The quantitative estimate of drug-likeness (QED) is 0.548. The molecule has 0 fully saturated rings. The topological polar surface area (TPSA) is 21.3 Å². The molecular weight excluding hydrogens is 254 g/mol. The third kappa shape index (κ3) is 7.00. The van der Waals surface area contributed by atoms with Gasteiger partial charge in [0.2, 0.25) is 0 Å². The zero-order chi connectivity index (χ0) is 14.1. The average molecular weight is 281 g/mol. The van der Waals surface area contributed by atoms with Gasteiger partial charge in [-0.25, -0.2) is 0 Å². The Bertz CT molecular complexity index is 366. The fraction of sp³-hybridized carbons (Fsp3) is 0.625. The van der Waals surface area contributed by atoms with E-state index < -0.39 is 0 Å². The van der Waals surface area contributed by atoms with E-state index in [1.54, 1.807) is 7.11 Å². The van der Waals surface area contributed by atoms with Gasteiger partial charge in [-0.3, -0.25) is 0 Å². The van der Waals surface area contributed by atoms with Crippen LogP contribution in [0.1, 0.15) is 31.4 Å². The Hall–Kier alpha value is -0.510. The van der Waals surface area contributed by atoms with Gasteiger partial charge in [0.15, 0.2) is 0 Å². The average Bonchev–Trinajstić information content (AvgIpc) is 2.36. The van der Waals surface area contributed by atoms with Crippen molar-refractivity contribution < 1.29 is 4.74 Å². The highest BCUT2D eigenvalue weighted by Crippen LogP contribution is 2.23. The summed E-state index contributed by atoms with van der Waals surface area (Å²) >= 11 is 1.92. The summed E-state index contributed by atoms with van der Waals surface area (Å²) in [5.74, 6) is 1.83. The van der Waals surface area contributed by atoms with E-state index in [2.05, 4.69) is 44.3 Å². The lowest BCUT2D eigenvalue weighted by molar-refractivity contribution is 0.200. The molecule has 0 radical (unpaired) electrons. The summed E-state index contributed by atoms with van der Waals surface area (Å²) in [6.07, 6.45) is 1.11. The molecule has 0 heterocycles. The lowest BCUT2D eigenvalue weighted by Gasteiger charge is -2.10. The van der Waals surface area contributed by atoms with Crippen molar-refractivity contribution in [2.75, 3.05) is 26.0 Å². The predicted molar refractivity (Wildman–Crippen MR) is 84.9 cm³/mol. The van der Waals surface area contributed by atoms with E-state index in [4.69, 9.17) is 4.74 Å². The largest absolute Gasteiger partial charge is 0.385 e. The molecule has 0 saturated heterocycles. The normalized spacial score (nSPS) is 11.2. The van der Waals surface area contributed by atoms with Crippen LogP contribution in [0.15, 0.2) is 23.1 Å². The van der Waals surface area contributed by atoms with Crippen molar-refractivity contribution in [2.45, 2.75) is 38.6 Å². The molecule has 0 saturated carbocycles. The Kier molecular flexibility index (Phi) is 8.19. The molecule has 0 amide bonds. The van der Waals surface area contributed by atoms with Gasteiger partial charge in [-0.05, 0) is 43.0 Å². The molecule has 1 aromatic rings. The molecule has 0 spiro atoms. The summed E-state index contributed by atoms with van der Waals surface area (Å²) in [5, 5.41) is 3.48. The number of hydrogen-bond acceptors (Lipinski definition) is 3. The van der Waals surface area contributed by atoms with E-state index in [0.29, 0.717) is 5.92 Å². The molecule has 0 atom stereocenters. The van der Waals surface area contributed by atoms with E-state index in [1.807, 2.05) is 11.8 Å². The zero-order valence-electron chi connectivity index (χ0n) is 12.7. The Morgan fingerprint density at radius 1 is 1.32 bits per heavy atom. The van der Waals surface area contributed by atoms with Crippen LogP contribution in [0, 0.1) is 12.8 Å². The third-order valence-corrected chi connectivity index (χ3v) is 4.13. The van der Waals surface area contributed by atoms with Crippen LogP contribution in [-0.2, 0) is 11.3 Å². The second-order valence-corrected chi connectivity index (χ2v) is 6.46. The summed E-state index contributed by atoms with van der Waals surface area (Å²) < 4.78 is 5.07. The zero-order valence-corrected chi connectivity index (χ0v) is 13.5. The molecule has 2 nitrogen and oxygen atoms in total. The number of rotatable bonds is 9.